The lowest BCUT2D eigenvalue weighted by Gasteiger charge is -2.22. The van der Waals surface area contributed by atoms with Gasteiger partial charge in [0.1, 0.15) is 5.76 Å². The quantitative estimate of drug-likeness (QED) is 0.479. The molecule has 7 heteroatoms. The van der Waals surface area contributed by atoms with E-state index in [-0.39, 0.29) is 17.0 Å². The number of aryl methyl sites for hydroxylation is 2. The van der Waals surface area contributed by atoms with Crippen molar-refractivity contribution in [3.05, 3.63) is 71.0 Å². The van der Waals surface area contributed by atoms with Crippen molar-refractivity contribution in [2.45, 2.75) is 57.4 Å². The van der Waals surface area contributed by atoms with Crippen LogP contribution in [0.15, 0.2) is 63.6 Å². The van der Waals surface area contributed by atoms with Crippen LogP contribution in [0.3, 0.4) is 0 Å². The molecule has 0 aromatic heterocycles. The van der Waals surface area contributed by atoms with Crippen LogP contribution in [-0.2, 0) is 25.9 Å². The minimum Gasteiger partial charge on any atom is -0.428 e. The van der Waals surface area contributed by atoms with E-state index < -0.39 is 10.0 Å². The second kappa shape index (κ2) is 11.5. The molecule has 1 aliphatic heterocycles. The van der Waals surface area contributed by atoms with Crippen molar-refractivity contribution < 1.29 is 17.9 Å². The Balaban J connectivity index is 1.98. The Hall–Kier alpha value is -2.64. The standard InChI is InChI=1S/C26H34N2O4S/c1-5-7-21-11-13-22(14-12-21)19-25-24(8-6-2)28(17-18-31-4)26(32-25)27-33(29,30)23-15-9-20(3)10-16-23/h9-16,19,24H,5-8,17-18H2,1-4H3/b25-19-,27-26-. The van der Waals surface area contributed by atoms with Crippen LogP contribution < -0.4 is 0 Å². The molecule has 1 aliphatic rings. The molecule has 0 saturated carbocycles. The molecule has 0 aliphatic carbocycles. The Labute approximate surface area is 198 Å². The van der Waals surface area contributed by atoms with E-state index in [1.54, 1.807) is 31.4 Å². The van der Waals surface area contributed by atoms with Crippen LogP contribution in [0.2, 0.25) is 0 Å². The van der Waals surface area contributed by atoms with Crippen molar-refractivity contribution >= 4 is 22.1 Å². The molecular formula is C26H34N2O4S. The van der Waals surface area contributed by atoms with Gasteiger partial charge in [0.2, 0.25) is 0 Å². The summed E-state index contributed by atoms with van der Waals surface area (Å²) in [6.07, 6.45) is 5.86. The summed E-state index contributed by atoms with van der Waals surface area (Å²) < 4.78 is 41.5. The fourth-order valence-electron chi connectivity index (χ4n) is 3.83. The van der Waals surface area contributed by atoms with Crippen LogP contribution in [0.4, 0.5) is 0 Å². The largest absolute Gasteiger partial charge is 0.428 e. The van der Waals surface area contributed by atoms with E-state index in [4.69, 9.17) is 9.47 Å². The summed E-state index contributed by atoms with van der Waals surface area (Å²) in [6.45, 7) is 7.10. The smallest absolute Gasteiger partial charge is 0.309 e. The maximum Gasteiger partial charge on any atom is 0.309 e. The highest BCUT2D eigenvalue weighted by Gasteiger charge is 2.37. The summed E-state index contributed by atoms with van der Waals surface area (Å²) in [5.41, 5.74) is 3.30. The molecule has 0 radical (unpaired) electrons. The maximum atomic E-state index is 13.0. The fraction of sp³-hybridized carbons (Fsp3) is 0.423. The number of hydrogen-bond donors (Lipinski definition) is 0. The molecule has 33 heavy (non-hydrogen) atoms. The first-order valence-corrected chi connectivity index (χ1v) is 13.0. The predicted molar refractivity (Wildman–Crippen MR) is 133 cm³/mol. The van der Waals surface area contributed by atoms with E-state index in [0.717, 1.165) is 36.8 Å². The highest BCUT2D eigenvalue weighted by Crippen LogP contribution is 2.30. The van der Waals surface area contributed by atoms with E-state index in [1.165, 1.54) is 5.56 Å². The molecular weight excluding hydrogens is 436 g/mol. The fourth-order valence-corrected chi connectivity index (χ4v) is 4.76. The average Bonchev–Trinajstić information content (AvgIpc) is 3.09. The molecule has 0 amide bonds. The Morgan fingerprint density at radius 1 is 1.06 bits per heavy atom. The number of methoxy groups -OCH3 is 1. The number of hydrogen-bond acceptors (Lipinski definition) is 4. The van der Waals surface area contributed by atoms with Gasteiger partial charge in [0.15, 0.2) is 0 Å². The SMILES string of the molecule is CCCc1ccc(/C=C2\O/C(=N\S(=O)(=O)c3ccc(C)cc3)N(CCOC)C2CCC)cc1. The summed E-state index contributed by atoms with van der Waals surface area (Å²) in [6, 6.07) is 15.1. The van der Waals surface area contributed by atoms with Gasteiger partial charge in [0.05, 0.1) is 17.5 Å². The number of sulfonamides is 1. The van der Waals surface area contributed by atoms with Gasteiger partial charge >= 0.3 is 6.02 Å². The number of rotatable bonds is 10. The molecule has 3 rings (SSSR count). The molecule has 1 saturated heterocycles. The van der Waals surface area contributed by atoms with Gasteiger partial charge in [-0.3, -0.25) is 0 Å². The zero-order valence-corrected chi connectivity index (χ0v) is 20.8. The van der Waals surface area contributed by atoms with Gasteiger partial charge < -0.3 is 14.4 Å². The van der Waals surface area contributed by atoms with Crippen molar-refractivity contribution in [2.75, 3.05) is 20.3 Å². The zero-order valence-electron chi connectivity index (χ0n) is 20.0. The van der Waals surface area contributed by atoms with Crippen LogP contribution in [-0.4, -0.2) is 45.6 Å². The van der Waals surface area contributed by atoms with E-state index >= 15 is 0 Å². The van der Waals surface area contributed by atoms with Crippen molar-refractivity contribution in [3.63, 3.8) is 0 Å². The molecule has 1 atom stereocenters. The third-order valence-corrected chi connectivity index (χ3v) is 6.87. The van der Waals surface area contributed by atoms with Crippen LogP contribution in [0.25, 0.3) is 6.08 Å². The molecule has 2 aromatic carbocycles. The summed E-state index contributed by atoms with van der Waals surface area (Å²) in [4.78, 5) is 2.04. The third kappa shape index (κ3) is 6.45. The minimum absolute atomic E-state index is 0.0972. The van der Waals surface area contributed by atoms with Crippen LogP contribution >= 0.6 is 0 Å². The Morgan fingerprint density at radius 3 is 2.36 bits per heavy atom. The monoisotopic (exact) mass is 470 g/mol. The summed E-state index contributed by atoms with van der Waals surface area (Å²) in [5.74, 6) is 0.703. The Morgan fingerprint density at radius 2 is 1.76 bits per heavy atom. The molecule has 178 valence electrons. The van der Waals surface area contributed by atoms with Gasteiger partial charge in [-0.05, 0) is 49.1 Å². The summed E-state index contributed by atoms with van der Waals surface area (Å²) in [7, 11) is -2.29. The van der Waals surface area contributed by atoms with Gasteiger partial charge in [-0.25, -0.2) is 0 Å². The second-order valence-electron chi connectivity index (χ2n) is 8.29. The van der Waals surface area contributed by atoms with Gasteiger partial charge in [-0.15, -0.1) is 4.40 Å². The lowest BCUT2D eigenvalue weighted by molar-refractivity contribution is 0.168. The van der Waals surface area contributed by atoms with Crippen molar-refractivity contribution in [1.29, 1.82) is 0 Å². The van der Waals surface area contributed by atoms with Crippen LogP contribution in [0.1, 0.15) is 49.8 Å². The third-order valence-electron chi connectivity index (χ3n) is 5.60. The van der Waals surface area contributed by atoms with Gasteiger partial charge in [-0.1, -0.05) is 68.7 Å². The van der Waals surface area contributed by atoms with Crippen molar-refractivity contribution in [2.24, 2.45) is 4.40 Å². The number of ether oxygens (including phenoxy) is 2. The predicted octanol–water partition coefficient (Wildman–Crippen LogP) is 5.18. The first-order chi connectivity index (χ1) is 15.9. The Bertz CT molecular complexity index is 1070. The average molecular weight is 471 g/mol. The van der Waals surface area contributed by atoms with E-state index in [2.05, 4.69) is 42.5 Å². The molecule has 1 unspecified atom stereocenters. The zero-order chi connectivity index (χ0) is 23.8. The van der Waals surface area contributed by atoms with E-state index in [9.17, 15) is 8.42 Å². The molecule has 0 bridgehead atoms. The van der Waals surface area contributed by atoms with E-state index in [0.29, 0.717) is 18.9 Å². The highest BCUT2D eigenvalue weighted by atomic mass is 32.2. The topological polar surface area (TPSA) is 68.2 Å². The van der Waals surface area contributed by atoms with Gasteiger partial charge in [0, 0.05) is 13.7 Å². The number of benzene rings is 2. The first-order valence-electron chi connectivity index (χ1n) is 11.5. The normalized spacial score (nSPS) is 18.8. The molecule has 0 spiro atoms. The minimum atomic E-state index is -3.91. The molecule has 1 heterocycles. The number of nitrogens with zero attached hydrogens (tertiary/aromatic N) is 2. The highest BCUT2D eigenvalue weighted by molar-refractivity contribution is 7.90. The molecule has 2 aromatic rings. The summed E-state index contributed by atoms with van der Waals surface area (Å²) in [5, 5.41) is 0. The van der Waals surface area contributed by atoms with Crippen LogP contribution in [0.5, 0.6) is 0 Å². The Kier molecular flexibility index (Phi) is 8.69. The molecule has 0 N–H and O–H groups in total. The molecule has 6 nitrogen and oxygen atoms in total. The van der Waals surface area contributed by atoms with Crippen molar-refractivity contribution in [3.8, 4) is 0 Å². The lowest BCUT2D eigenvalue weighted by atomic mass is 10.0. The van der Waals surface area contributed by atoms with Gasteiger partial charge in [0.25, 0.3) is 10.0 Å². The second-order valence-corrected chi connectivity index (χ2v) is 9.90. The number of amidine groups is 1. The molecule has 1 fully saturated rings. The lowest BCUT2D eigenvalue weighted by Crippen LogP contribution is -2.36. The first kappa shape index (κ1) is 25.0. The maximum absolute atomic E-state index is 13.0. The van der Waals surface area contributed by atoms with Crippen molar-refractivity contribution in [1.82, 2.24) is 4.90 Å². The van der Waals surface area contributed by atoms with Gasteiger partial charge in [-0.2, -0.15) is 8.42 Å². The van der Waals surface area contributed by atoms with E-state index in [1.807, 2.05) is 17.9 Å². The van der Waals surface area contributed by atoms with Crippen LogP contribution in [0, 0.1) is 6.92 Å². The summed E-state index contributed by atoms with van der Waals surface area (Å²) >= 11 is 0.